The van der Waals surface area contributed by atoms with Gasteiger partial charge in [-0.2, -0.15) is 28.2 Å². The van der Waals surface area contributed by atoms with E-state index in [1.807, 2.05) is 60.7 Å². The zero-order valence-corrected chi connectivity index (χ0v) is 45.6. The Morgan fingerprint density at radius 3 is 1.84 bits per heavy atom. The highest BCUT2D eigenvalue weighted by atomic mass is 32.2. The van der Waals surface area contributed by atoms with Crippen molar-refractivity contribution in [1.82, 2.24) is 29.2 Å². The lowest BCUT2D eigenvalue weighted by Crippen LogP contribution is -2.35. The minimum absolute atomic E-state index is 0.0408. The first kappa shape index (κ1) is 61.4. The molecule has 30 heteroatoms. The lowest BCUT2D eigenvalue weighted by atomic mass is 9.82. The summed E-state index contributed by atoms with van der Waals surface area (Å²) < 4.78 is 135. The zero-order chi connectivity index (χ0) is 58.7. The number of sulfone groups is 1. The number of esters is 2. The van der Waals surface area contributed by atoms with E-state index in [1.165, 1.54) is 40.3 Å². The van der Waals surface area contributed by atoms with Crippen LogP contribution in [0, 0.1) is 6.92 Å². The van der Waals surface area contributed by atoms with E-state index in [0.29, 0.717) is 37.1 Å². The highest BCUT2D eigenvalue weighted by molar-refractivity contribution is 7.91. The molecule has 0 radical (unpaired) electrons. The minimum atomic E-state index is -4.76. The number of methoxy groups -OCH3 is 3. The van der Waals surface area contributed by atoms with Crippen LogP contribution in [-0.2, 0) is 74.4 Å². The van der Waals surface area contributed by atoms with Crippen LogP contribution in [0.3, 0.4) is 0 Å². The van der Waals surface area contributed by atoms with Crippen LogP contribution in [0.5, 0.6) is 17.6 Å². The first-order chi connectivity index (χ1) is 37.0. The molecule has 1 aliphatic rings. The number of ether oxygens (including phenoxy) is 4. The van der Waals surface area contributed by atoms with Crippen LogP contribution in [0.4, 0.5) is 23.9 Å². The maximum absolute atomic E-state index is 12.9. The van der Waals surface area contributed by atoms with Crippen molar-refractivity contribution < 1.29 is 86.5 Å². The Balaban J connectivity index is 0.000000223. The van der Waals surface area contributed by atoms with E-state index in [4.69, 9.17) is 19.0 Å². The van der Waals surface area contributed by atoms with Crippen LogP contribution in [0.25, 0.3) is 0 Å². The second-order valence-electron chi connectivity index (χ2n) is 16.6. The van der Waals surface area contributed by atoms with E-state index in [2.05, 4.69) is 35.0 Å². The van der Waals surface area contributed by atoms with E-state index < -0.39 is 92.2 Å². The van der Waals surface area contributed by atoms with Crippen molar-refractivity contribution in [3.63, 3.8) is 0 Å². The normalized spacial score (nSPS) is 12.9. The number of benzene rings is 4. The molecule has 24 nitrogen and oxygen atoms in total. The molecule has 7 rings (SSSR count). The molecule has 6 aromatic rings. The van der Waals surface area contributed by atoms with Gasteiger partial charge >= 0.3 is 24.1 Å². The molecule has 2 amide bonds. The molecule has 0 saturated carbocycles. The van der Waals surface area contributed by atoms with Crippen molar-refractivity contribution in [2.24, 2.45) is 12.2 Å². The fourth-order valence-corrected chi connectivity index (χ4v) is 9.74. The van der Waals surface area contributed by atoms with Gasteiger partial charge in [0.05, 0.1) is 68.4 Å². The number of carbonyl (C=O) groups is 4. The number of halogens is 3. The van der Waals surface area contributed by atoms with E-state index in [-0.39, 0.29) is 46.6 Å². The van der Waals surface area contributed by atoms with Gasteiger partial charge in [-0.15, -0.1) is 0 Å². The van der Waals surface area contributed by atoms with Gasteiger partial charge in [-0.1, -0.05) is 71.9 Å². The smallest absolute Gasteiger partial charge is 0.416 e. The molecule has 0 atom stereocenters. The molecule has 422 valence electrons. The highest BCUT2D eigenvalue weighted by Crippen LogP contribution is 2.41. The number of oxime groups is 1. The number of nitrogens with one attached hydrogen (secondary N) is 3. The van der Waals surface area contributed by atoms with Gasteiger partial charge in [0, 0.05) is 36.5 Å². The Morgan fingerprint density at radius 1 is 0.785 bits per heavy atom. The van der Waals surface area contributed by atoms with Crippen molar-refractivity contribution >= 4 is 65.3 Å². The Hall–Kier alpha value is -8.48. The Labute approximate surface area is 450 Å². The average molecular weight is 1160 g/mol. The Morgan fingerprint density at radius 2 is 1.35 bits per heavy atom. The van der Waals surface area contributed by atoms with Gasteiger partial charge in [0.25, 0.3) is 10.0 Å². The van der Waals surface area contributed by atoms with Gasteiger partial charge in [0.15, 0.2) is 21.1 Å². The molecule has 3 heterocycles. The number of sulfonamides is 2. The summed E-state index contributed by atoms with van der Waals surface area (Å²) in [6, 6.07) is 25.0. The number of ketones is 1. The predicted molar refractivity (Wildman–Crippen MR) is 275 cm³/mol. The fourth-order valence-electron chi connectivity index (χ4n) is 7.25. The second-order valence-corrected chi connectivity index (χ2v) is 22.0. The number of aromatic hydroxyl groups is 1. The third-order valence-corrected chi connectivity index (χ3v) is 14.1. The summed E-state index contributed by atoms with van der Waals surface area (Å²) in [6.45, 7) is 3.25. The molecular weight excluding hydrogens is 1110 g/mol. The van der Waals surface area contributed by atoms with Crippen LogP contribution in [0.15, 0.2) is 118 Å². The van der Waals surface area contributed by atoms with Crippen molar-refractivity contribution in [3.05, 3.63) is 148 Å². The minimum Gasteiger partial charge on any atom is -0.493 e. The van der Waals surface area contributed by atoms with Gasteiger partial charge in [0.1, 0.15) is 10.5 Å². The first-order valence-corrected chi connectivity index (χ1v) is 27.9. The average Bonchev–Trinajstić information content (AvgIpc) is 4.11. The number of anilines is 1. The predicted octanol–water partition coefficient (Wildman–Crippen LogP) is 5.20. The third kappa shape index (κ3) is 15.6. The number of rotatable bonds is 16. The molecule has 0 spiro atoms. The second kappa shape index (κ2) is 25.3. The molecule has 0 fully saturated rings. The largest absolute Gasteiger partial charge is 0.493 e. The molecule has 0 saturated heterocycles. The zero-order valence-electron chi connectivity index (χ0n) is 43.1. The van der Waals surface area contributed by atoms with Gasteiger partial charge in [0.2, 0.25) is 39.4 Å². The maximum Gasteiger partial charge on any atom is 0.416 e. The number of hydrogen-bond donors (Lipinski definition) is 4. The standard InChI is InChI=1S/C18H17NO3.C17H21N5O9S2.C14H13F3N2O4S/c1-2-21-17(20)16-13-18(22-19-16,14-9-5-3-6-10-14)15-11-7-4-8-12-15;1-29-13-8-14(30-2)20-16(19-13)21-17(24)22-33(27,28)12-7-10(9-18-32(4,25)26)5-6-11(12)15(23)31-3;1-7-11(13(21)19(2)18-7)12(20)9-5-4-8(14(15,16)17)6-10(9)24(3,22)23/h3-12H,2,13H2,1H3;5-8,18H,9H2,1-4H3,(H2,19,20,21,22,24);4-6,21H,1-3H3. The number of carbonyl (C=O) groups excluding carboxylic acids is 4. The van der Waals surface area contributed by atoms with Crippen molar-refractivity contribution in [1.29, 1.82) is 0 Å². The summed E-state index contributed by atoms with van der Waals surface area (Å²) in [5.41, 5.74) is -0.493. The third-order valence-electron chi connectivity index (χ3n) is 10.9. The van der Waals surface area contributed by atoms with Gasteiger partial charge in [-0.25, -0.2) is 53.8 Å². The molecule has 0 aliphatic carbocycles. The topological polar surface area (TPSA) is 329 Å². The summed E-state index contributed by atoms with van der Waals surface area (Å²) in [7, 11) is -7.28. The monoisotopic (exact) mass is 1160 g/mol. The van der Waals surface area contributed by atoms with Crippen molar-refractivity contribution in [2.45, 2.75) is 48.4 Å². The summed E-state index contributed by atoms with van der Waals surface area (Å²) in [6.07, 6.45) is -2.77. The molecule has 2 aromatic heterocycles. The van der Waals surface area contributed by atoms with Crippen LogP contribution < -0.4 is 24.2 Å². The summed E-state index contributed by atoms with van der Waals surface area (Å²) in [5, 5.41) is 19.8. The molecule has 79 heavy (non-hydrogen) atoms. The maximum atomic E-state index is 12.9. The number of hydrogen-bond acceptors (Lipinski definition) is 20. The first-order valence-electron chi connectivity index (χ1n) is 22.7. The molecule has 4 aromatic carbocycles. The molecular formula is C49H51F3N8O16S3. The highest BCUT2D eigenvalue weighted by Gasteiger charge is 2.45. The number of nitrogens with zero attached hydrogens (tertiary/aromatic N) is 5. The van der Waals surface area contributed by atoms with E-state index in [1.54, 1.807) is 11.6 Å². The SMILES string of the molecule is CCOC(=O)C1=NOC(c2ccccc2)(c2ccccc2)C1.COC(=O)c1ccc(CNS(C)(=O)=O)cc1S(=O)(=O)NC(=O)Nc1nc(OC)cc(OC)n1.Cc1nn(C)c(O)c1C(=O)c1ccc(C(F)(F)F)cc1S(C)(=O)=O. The van der Waals surface area contributed by atoms with Crippen molar-refractivity contribution in [3.8, 4) is 17.6 Å². The Bertz CT molecular complexity index is 3560. The van der Waals surface area contributed by atoms with Crippen LogP contribution in [0.2, 0.25) is 0 Å². The number of aryl methyl sites for hydroxylation is 2. The fraction of sp³-hybridized carbons (Fsp3) is 0.265. The number of aromatic nitrogens is 4. The Kier molecular flexibility index (Phi) is 19.7. The summed E-state index contributed by atoms with van der Waals surface area (Å²) in [4.78, 5) is 61.0. The van der Waals surface area contributed by atoms with E-state index >= 15 is 0 Å². The number of urea groups is 1. The summed E-state index contributed by atoms with van der Waals surface area (Å²) >= 11 is 0. The molecule has 0 unspecified atom stereocenters. The lowest BCUT2D eigenvalue weighted by molar-refractivity contribution is -0.138. The van der Waals surface area contributed by atoms with E-state index in [9.17, 15) is 62.7 Å². The number of amides is 2. The van der Waals surface area contributed by atoms with Gasteiger partial charge in [-0.3, -0.25) is 10.1 Å². The molecule has 4 N–H and O–H groups in total. The number of alkyl halides is 3. The van der Waals surface area contributed by atoms with Crippen molar-refractivity contribution in [2.75, 3.05) is 45.8 Å². The van der Waals surface area contributed by atoms with Crippen LogP contribution in [-0.4, -0.2) is 120 Å². The molecule has 1 aliphatic heterocycles. The van der Waals surface area contributed by atoms with Crippen LogP contribution >= 0.6 is 0 Å². The van der Waals surface area contributed by atoms with Crippen LogP contribution in [0.1, 0.15) is 67.6 Å². The summed E-state index contributed by atoms with van der Waals surface area (Å²) in [5.74, 6) is -3.07. The van der Waals surface area contributed by atoms with E-state index in [0.717, 1.165) is 47.4 Å². The lowest BCUT2D eigenvalue weighted by Gasteiger charge is -2.27. The van der Waals surface area contributed by atoms with Gasteiger partial charge in [-0.05, 0) is 49.7 Å². The van der Waals surface area contributed by atoms with Gasteiger partial charge < -0.3 is 28.9 Å². The molecule has 0 bridgehead atoms. The quantitative estimate of drug-likeness (QED) is 0.0715.